The number of nitrogens with one attached hydrogen (secondary N) is 1. The Labute approximate surface area is 137 Å². The van der Waals surface area contributed by atoms with Crippen molar-refractivity contribution in [2.75, 3.05) is 23.7 Å². The van der Waals surface area contributed by atoms with E-state index in [1.807, 2.05) is 6.20 Å². The Bertz CT molecular complexity index is 550. The highest BCUT2D eigenvalue weighted by atomic mass is 16.1. The van der Waals surface area contributed by atoms with Crippen LogP contribution in [0, 0.1) is 5.92 Å². The van der Waals surface area contributed by atoms with Crippen molar-refractivity contribution in [1.82, 2.24) is 15.3 Å². The molecule has 1 aliphatic heterocycles. The Morgan fingerprint density at radius 2 is 2.09 bits per heavy atom. The van der Waals surface area contributed by atoms with Crippen molar-refractivity contribution < 1.29 is 4.79 Å². The van der Waals surface area contributed by atoms with Crippen molar-refractivity contribution in [2.24, 2.45) is 5.92 Å². The van der Waals surface area contributed by atoms with Gasteiger partial charge in [-0.05, 0) is 44.4 Å². The third-order valence-corrected chi connectivity index (χ3v) is 4.88. The molecule has 1 aromatic heterocycles. The first-order chi connectivity index (χ1) is 11.2. The molecule has 3 N–H and O–H groups in total. The lowest BCUT2D eigenvalue weighted by Crippen LogP contribution is -2.35. The predicted molar refractivity (Wildman–Crippen MR) is 91.2 cm³/mol. The minimum Gasteiger partial charge on any atom is -0.368 e. The zero-order valence-electron chi connectivity index (χ0n) is 13.9. The van der Waals surface area contributed by atoms with Crippen LogP contribution in [0.3, 0.4) is 0 Å². The average molecular weight is 317 g/mol. The van der Waals surface area contributed by atoms with Gasteiger partial charge >= 0.3 is 0 Å². The van der Waals surface area contributed by atoms with E-state index in [0.29, 0.717) is 24.3 Å². The molecule has 2 heterocycles. The number of nitrogen functional groups attached to an aromatic ring is 1. The topological polar surface area (TPSA) is 84.1 Å². The molecule has 1 saturated heterocycles. The van der Waals surface area contributed by atoms with E-state index in [-0.39, 0.29) is 5.91 Å². The molecule has 1 saturated carbocycles. The van der Waals surface area contributed by atoms with Gasteiger partial charge in [-0.2, -0.15) is 4.98 Å². The molecular formula is C17H27N5O. The number of hydrogen-bond acceptors (Lipinski definition) is 5. The Morgan fingerprint density at radius 3 is 2.74 bits per heavy atom. The molecule has 2 aliphatic rings. The number of nitrogens with two attached hydrogens (primary N) is 1. The average Bonchev–Trinajstić information content (AvgIpc) is 3.37. The van der Waals surface area contributed by atoms with Crippen LogP contribution in [0.2, 0.25) is 0 Å². The Morgan fingerprint density at radius 1 is 1.35 bits per heavy atom. The van der Waals surface area contributed by atoms with E-state index in [9.17, 15) is 4.79 Å². The summed E-state index contributed by atoms with van der Waals surface area (Å²) in [7, 11) is 0. The molecule has 1 amide bonds. The number of nitrogens with zero attached hydrogens (tertiary/aromatic N) is 3. The van der Waals surface area contributed by atoms with Gasteiger partial charge in [0, 0.05) is 37.3 Å². The molecule has 0 aromatic carbocycles. The fourth-order valence-corrected chi connectivity index (χ4v) is 3.23. The van der Waals surface area contributed by atoms with Gasteiger partial charge in [0.25, 0.3) is 0 Å². The monoisotopic (exact) mass is 317 g/mol. The summed E-state index contributed by atoms with van der Waals surface area (Å²) in [5.41, 5.74) is 6.90. The number of piperidine rings is 1. The molecule has 0 radical (unpaired) electrons. The van der Waals surface area contributed by atoms with Gasteiger partial charge in [-0.1, -0.05) is 6.92 Å². The molecule has 0 spiro atoms. The molecular weight excluding hydrogens is 290 g/mol. The van der Waals surface area contributed by atoms with Gasteiger partial charge < -0.3 is 16.0 Å². The van der Waals surface area contributed by atoms with E-state index in [4.69, 9.17) is 5.73 Å². The van der Waals surface area contributed by atoms with E-state index in [0.717, 1.165) is 63.0 Å². The van der Waals surface area contributed by atoms with E-state index < -0.39 is 0 Å². The number of amides is 1. The number of aromatic nitrogens is 2. The van der Waals surface area contributed by atoms with Crippen molar-refractivity contribution >= 4 is 17.7 Å². The molecule has 3 rings (SSSR count). The third kappa shape index (κ3) is 4.33. The van der Waals surface area contributed by atoms with Crippen molar-refractivity contribution in [3.63, 3.8) is 0 Å². The van der Waals surface area contributed by atoms with Gasteiger partial charge in [-0.25, -0.2) is 4.98 Å². The largest absolute Gasteiger partial charge is 0.368 e. The summed E-state index contributed by atoms with van der Waals surface area (Å²) in [6.07, 6.45) is 8.97. The van der Waals surface area contributed by atoms with Crippen molar-refractivity contribution in [2.45, 2.75) is 57.9 Å². The lowest BCUT2D eigenvalue weighted by molar-refractivity contribution is -0.121. The first-order valence-electron chi connectivity index (χ1n) is 8.81. The SMILES string of the molecule is CCc1cnc(N)nc1N1CCC(CCC(=O)NC2CC2)CC1. The van der Waals surface area contributed by atoms with Crippen LogP contribution in [0.1, 0.15) is 51.0 Å². The van der Waals surface area contributed by atoms with E-state index in [1.54, 1.807) is 0 Å². The predicted octanol–water partition coefficient (Wildman–Crippen LogP) is 1.90. The smallest absolute Gasteiger partial charge is 0.221 e. The minimum atomic E-state index is 0.228. The van der Waals surface area contributed by atoms with Gasteiger partial charge in [0.05, 0.1) is 0 Å². The lowest BCUT2D eigenvalue weighted by atomic mass is 9.92. The zero-order valence-corrected chi connectivity index (χ0v) is 13.9. The number of carbonyl (C=O) groups excluding carboxylic acids is 1. The van der Waals surface area contributed by atoms with Gasteiger partial charge in [-0.3, -0.25) is 4.79 Å². The van der Waals surface area contributed by atoms with Gasteiger partial charge in [0.1, 0.15) is 5.82 Å². The molecule has 2 fully saturated rings. The lowest BCUT2D eigenvalue weighted by Gasteiger charge is -2.33. The molecule has 0 unspecified atom stereocenters. The minimum absolute atomic E-state index is 0.228. The summed E-state index contributed by atoms with van der Waals surface area (Å²) in [5, 5.41) is 3.07. The summed E-state index contributed by atoms with van der Waals surface area (Å²) in [4.78, 5) is 22.6. The molecule has 6 heteroatoms. The van der Waals surface area contributed by atoms with Crippen LogP contribution >= 0.6 is 0 Å². The van der Waals surface area contributed by atoms with Crippen LogP contribution < -0.4 is 16.0 Å². The van der Waals surface area contributed by atoms with E-state index >= 15 is 0 Å². The summed E-state index contributed by atoms with van der Waals surface area (Å²) in [6, 6.07) is 0.472. The van der Waals surface area contributed by atoms with Crippen LogP contribution in [0.5, 0.6) is 0 Å². The Hall–Kier alpha value is -1.85. The first-order valence-corrected chi connectivity index (χ1v) is 8.81. The molecule has 23 heavy (non-hydrogen) atoms. The van der Waals surface area contributed by atoms with Gasteiger partial charge in [-0.15, -0.1) is 0 Å². The van der Waals surface area contributed by atoms with Gasteiger partial charge in [0.2, 0.25) is 11.9 Å². The van der Waals surface area contributed by atoms with Crippen LogP contribution in [0.25, 0.3) is 0 Å². The summed E-state index contributed by atoms with van der Waals surface area (Å²) >= 11 is 0. The number of carbonyl (C=O) groups is 1. The molecule has 6 nitrogen and oxygen atoms in total. The maximum absolute atomic E-state index is 11.8. The molecule has 126 valence electrons. The van der Waals surface area contributed by atoms with Crippen LogP contribution in [0.15, 0.2) is 6.20 Å². The fraction of sp³-hybridized carbons (Fsp3) is 0.706. The third-order valence-electron chi connectivity index (χ3n) is 4.88. The summed E-state index contributed by atoms with van der Waals surface area (Å²) < 4.78 is 0. The highest BCUT2D eigenvalue weighted by Crippen LogP contribution is 2.27. The second-order valence-corrected chi connectivity index (χ2v) is 6.74. The second-order valence-electron chi connectivity index (χ2n) is 6.74. The second kappa shape index (κ2) is 7.15. The Balaban J connectivity index is 1.48. The quantitative estimate of drug-likeness (QED) is 0.837. The van der Waals surface area contributed by atoms with Crippen molar-refractivity contribution in [3.8, 4) is 0 Å². The molecule has 1 aromatic rings. The number of anilines is 2. The fourth-order valence-electron chi connectivity index (χ4n) is 3.23. The number of hydrogen-bond donors (Lipinski definition) is 2. The summed E-state index contributed by atoms with van der Waals surface area (Å²) in [5.74, 6) is 2.20. The highest BCUT2D eigenvalue weighted by molar-refractivity contribution is 5.76. The van der Waals surface area contributed by atoms with Crippen LogP contribution in [0.4, 0.5) is 11.8 Å². The van der Waals surface area contributed by atoms with Crippen LogP contribution in [-0.2, 0) is 11.2 Å². The number of aryl methyl sites for hydroxylation is 1. The first kappa shape index (κ1) is 16.0. The molecule has 1 aliphatic carbocycles. The van der Waals surface area contributed by atoms with E-state index in [2.05, 4.69) is 27.1 Å². The maximum Gasteiger partial charge on any atom is 0.221 e. The summed E-state index contributed by atoms with van der Waals surface area (Å²) in [6.45, 7) is 4.08. The number of rotatable bonds is 6. The Kier molecular flexibility index (Phi) is 4.98. The van der Waals surface area contributed by atoms with E-state index in [1.165, 1.54) is 0 Å². The molecule has 0 atom stereocenters. The van der Waals surface area contributed by atoms with Gasteiger partial charge in [0.15, 0.2) is 0 Å². The van der Waals surface area contributed by atoms with Crippen LogP contribution in [-0.4, -0.2) is 35.0 Å². The standard InChI is InChI=1S/C17H27N5O/c1-2-13-11-19-17(18)21-16(13)22-9-7-12(8-10-22)3-6-15(23)20-14-4-5-14/h11-12,14H,2-10H2,1H3,(H,20,23)(H2,18,19,21). The molecule has 0 bridgehead atoms. The zero-order chi connectivity index (χ0) is 16.2. The highest BCUT2D eigenvalue weighted by Gasteiger charge is 2.25. The van der Waals surface area contributed by atoms with Crippen molar-refractivity contribution in [1.29, 1.82) is 0 Å². The van der Waals surface area contributed by atoms with Crippen molar-refractivity contribution in [3.05, 3.63) is 11.8 Å². The normalized spacial score (nSPS) is 18.9. The maximum atomic E-state index is 11.8.